The molecular weight excluding hydrogens is 478 g/mol. The van der Waals surface area contributed by atoms with Crippen LogP contribution >= 0.6 is 27.5 Å². The highest BCUT2D eigenvalue weighted by Gasteiger charge is 2.13. The Kier molecular flexibility index (Phi) is 7.99. The number of rotatable bonds is 8. The SMILES string of the molecule is CC(C)c1cc(Cc2c(Cl)cc(OCC(=O)NCc3ccccc3)cc2Br)ccc1O. The highest BCUT2D eigenvalue weighted by molar-refractivity contribution is 9.10. The van der Waals surface area contributed by atoms with Crippen molar-refractivity contribution < 1.29 is 14.6 Å². The van der Waals surface area contributed by atoms with E-state index in [9.17, 15) is 9.90 Å². The number of amides is 1. The lowest BCUT2D eigenvalue weighted by molar-refractivity contribution is -0.123. The lowest BCUT2D eigenvalue weighted by Crippen LogP contribution is -2.28. The first-order chi connectivity index (χ1) is 14.8. The molecule has 0 radical (unpaired) electrons. The molecule has 3 aromatic rings. The number of nitrogens with one attached hydrogen (secondary N) is 1. The lowest BCUT2D eigenvalue weighted by atomic mass is 9.96. The van der Waals surface area contributed by atoms with Crippen LogP contribution in [0.25, 0.3) is 0 Å². The van der Waals surface area contributed by atoms with Crippen LogP contribution in [-0.2, 0) is 17.8 Å². The van der Waals surface area contributed by atoms with Crippen molar-refractivity contribution in [2.45, 2.75) is 32.7 Å². The fourth-order valence-corrected chi connectivity index (χ4v) is 4.18. The largest absolute Gasteiger partial charge is 0.508 e. The zero-order chi connectivity index (χ0) is 22.4. The van der Waals surface area contributed by atoms with Crippen LogP contribution in [0.1, 0.15) is 42.0 Å². The smallest absolute Gasteiger partial charge is 0.258 e. The zero-order valence-corrected chi connectivity index (χ0v) is 19.8. The van der Waals surface area contributed by atoms with Crippen LogP contribution in [0.3, 0.4) is 0 Å². The van der Waals surface area contributed by atoms with E-state index in [1.54, 1.807) is 12.1 Å². The van der Waals surface area contributed by atoms with Crippen molar-refractivity contribution in [1.29, 1.82) is 0 Å². The summed E-state index contributed by atoms with van der Waals surface area (Å²) >= 11 is 10.1. The molecule has 0 atom stereocenters. The number of phenols is 1. The molecule has 1 amide bonds. The Morgan fingerprint density at radius 3 is 2.52 bits per heavy atom. The van der Waals surface area contributed by atoms with Crippen LogP contribution < -0.4 is 10.1 Å². The standard InChI is InChI=1S/C25H25BrClNO3/c1-16(2)20-10-18(8-9-24(20)29)11-21-22(26)12-19(13-23(21)27)31-15-25(30)28-14-17-6-4-3-5-7-17/h3-10,12-13,16,29H,11,14-15H2,1-2H3,(H,28,30). The van der Waals surface area contributed by atoms with E-state index >= 15 is 0 Å². The third kappa shape index (κ3) is 6.49. The van der Waals surface area contributed by atoms with Crippen molar-refractivity contribution in [3.63, 3.8) is 0 Å². The number of carbonyl (C=O) groups is 1. The van der Waals surface area contributed by atoms with E-state index in [1.807, 2.05) is 62.4 Å². The maximum Gasteiger partial charge on any atom is 0.258 e. The molecule has 0 spiro atoms. The summed E-state index contributed by atoms with van der Waals surface area (Å²) in [6.07, 6.45) is 0.608. The highest BCUT2D eigenvalue weighted by Crippen LogP contribution is 2.34. The molecule has 0 heterocycles. The van der Waals surface area contributed by atoms with E-state index in [2.05, 4.69) is 21.2 Å². The van der Waals surface area contributed by atoms with Gasteiger partial charge in [-0.25, -0.2) is 0 Å². The molecule has 0 aliphatic rings. The number of aromatic hydroxyl groups is 1. The minimum absolute atomic E-state index is 0.0926. The Morgan fingerprint density at radius 1 is 1.10 bits per heavy atom. The Bertz CT molecular complexity index is 1030. The minimum atomic E-state index is -0.203. The van der Waals surface area contributed by atoms with Gasteiger partial charge in [-0.05, 0) is 46.4 Å². The number of benzene rings is 3. The first-order valence-corrected chi connectivity index (χ1v) is 11.2. The van der Waals surface area contributed by atoms with Gasteiger partial charge in [-0.1, -0.05) is 83.8 Å². The molecule has 3 aromatic carbocycles. The third-order valence-corrected chi connectivity index (χ3v) is 5.96. The van der Waals surface area contributed by atoms with Crippen LogP contribution in [-0.4, -0.2) is 17.6 Å². The van der Waals surface area contributed by atoms with Gasteiger partial charge in [-0.2, -0.15) is 0 Å². The molecule has 31 heavy (non-hydrogen) atoms. The maximum atomic E-state index is 12.1. The second kappa shape index (κ2) is 10.7. The van der Waals surface area contributed by atoms with E-state index in [0.717, 1.165) is 26.7 Å². The third-order valence-electron chi connectivity index (χ3n) is 4.91. The quantitative estimate of drug-likeness (QED) is 0.384. The van der Waals surface area contributed by atoms with Crippen molar-refractivity contribution in [2.75, 3.05) is 6.61 Å². The second-order valence-electron chi connectivity index (χ2n) is 7.64. The van der Waals surface area contributed by atoms with Crippen molar-refractivity contribution in [2.24, 2.45) is 0 Å². The van der Waals surface area contributed by atoms with Gasteiger partial charge >= 0.3 is 0 Å². The van der Waals surface area contributed by atoms with Crippen LogP contribution in [0.2, 0.25) is 5.02 Å². The van der Waals surface area contributed by atoms with Gasteiger partial charge in [0.05, 0.1) is 0 Å². The molecule has 0 fully saturated rings. The monoisotopic (exact) mass is 501 g/mol. The predicted molar refractivity (Wildman–Crippen MR) is 128 cm³/mol. The molecule has 4 nitrogen and oxygen atoms in total. The fourth-order valence-electron chi connectivity index (χ4n) is 3.21. The van der Waals surface area contributed by atoms with Crippen LogP contribution in [0.15, 0.2) is 65.1 Å². The van der Waals surface area contributed by atoms with E-state index in [0.29, 0.717) is 29.5 Å². The van der Waals surface area contributed by atoms with Gasteiger partial charge in [0.15, 0.2) is 6.61 Å². The zero-order valence-electron chi connectivity index (χ0n) is 17.5. The number of carbonyl (C=O) groups excluding carboxylic acids is 1. The molecule has 3 rings (SSSR count). The highest BCUT2D eigenvalue weighted by atomic mass is 79.9. The Balaban J connectivity index is 1.62. The number of hydrogen-bond acceptors (Lipinski definition) is 3. The summed E-state index contributed by atoms with van der Waals surface area (Å²) in [4.78, 5) is 12.1. The van der Waals surface area contributed by atoms with Crippen LogP contribution in [0.5, 0.6) is 11.5 Å². The van der Waals surface area contributed by atoms with Crippen molar-refractivity contribution in [1.82, 2.24) is 5.32 Å². The first kappa shape index (κ1) is 23.2. The normalized spacial score (nSPS) is 10.9. The van der Waals surface area contributed by atoms with Gasteiger partial charge in [0.25, 0.3) is 5.91 Å². The topological polar surface area (TPSA) is 58.6 Å². The van der Waals surface area contributed by atoms with Crippen molar-refractivity contribution >= 4 is 33.4 Å². The molecule has 0 saturated heterocycles. The number of ether oxygens (including phenoxy) is 1. The molecule has 162 valence electrons. The summed E-state index contributed by atoms with van der Waals surface area (Å²) in [5.74, 6) is 0.843. The maximum absolute atomic E-state index is 12.1. The number of hydrogen-bond donors (Lipinski definition) is 2. The van der Waals surface area contributed by atoms with Gasteiger partial charge in [0.1, 0.15) is 11.5 Å². The average molecular weight is 503 g/mol. The van der Waals surface area contributed by atoms with Gasteiger partial charge in [0, 0.05) is 22.5 Å². The average Bonchev–Trinajstić information content (AvgIpc) is 2.75. The molecule has 6 heteroatoms. The van der Waals surface area contributed by atoms with Gasteiger partial charge < -0.3 is 15.2 Å². The minimum Gasteiger partial charge on any atom is -0.508 e. The first-order valence-electron chi connectivity index (χ1n) is 10.1. The van der Waals surface area contributed by atoms with E-state index < -0.39 is 0 Å². The van der Waals surface area contributed by atoms with Crippen LogP contribution in [0, 0.1) is 0 Å². The van der Waals surface area contributed by atoms with E-state index in [1.165, 1.54) is 0 Å². The summed E-state index contributed by atoms with van der Waals surface area (Å²) in [6, 6.07) is 18.9. The fraction of sp³-hybridized carbons (Fsp3) is 0.240. The molecule has 0 aromatic heterocycles. The number of halogens is 2. The van der Waals surface area contributed by atoms with Crippen LogP contribution in [0.4, 0.5) is 0 Å². The lowest BCUT2D eigenvalue weighted by Gasteiger charge is -2.14. The molecule has 0 bridgehead atoms. The summed E-state index contributed by atoms with van der Waals surface area (Å²) in [7, 11) is 0. The van der Waals surface area contributed by atoms with Crippen molar-refractivity contribution in [3.05, 3.63) is 92.4 Å². The van der Waals surface area contributed by atoms with Gasteiger partial charge in [-0.15, -0.1) is 0 Å². The summed E-state index contributed by atoms with van der Waals surface area (Å²) < 4.78 is 6.43. The molecule has 0 aliphatic carbocycles. The Hall–Kier alpha value is -2.50. The second-order valence-corrected chi connectivity index (χ2v) is 8.90. The molecule has 0 unspecified atom stereocenters. The Morgan fingerprint density at radius 2 is 1.84 bits per heavy atom. The van der Waals surface area contributed by atoms with Gasteiger partial charge in [-0.3, -0.25) is 4.79 Å². The molecular formula is C25H25BrClNO3. The number of phenolic OH excluding ortho intramolecular Hbond substituents is 1. The molecule has 2 N–H and O–H groups in total. The summed E-state index contributed by atoms with van der Waals surface area (Å²) in [6.45, 7) is 4.45. The van der Waals surface area contributed by atoms with Crippen molar-refractivity contribution in [3.8, 4) is 11.5 Å². The molecule has 0 aliphatic heterocycles. The predicted octanol–water partition coefficient (Wildman–Crippen LogP) is 6.22. The van der Waals surface area contributed by atoms with E-state index in [4.69, 9.17) is 16.3 Å². The van der Waals surface area contributed by atoms with Gasteiger partial charge in [0.2, 0.25) is 0 Å². The Labute approximate surface area is 196 Å². The summed E-state index contributed by atoms with van der Waals surface area (Å²) in [5, 5.41) is 13.4. The molecule has 0 saturated carbocycles. The summed E-state index contributed by atoms with van der Waals surface area (Å²) in [5.41, 5.74) is 3.91. The van der Waals surface area contributed by atoms with E-state index in [-0.39, 0.29) is 18.4 Å².